The summed E-state index contributed by atoms with van der Waals surface area (Å²) in [5, 5.41) is 8.46. The molecule has 0 saturated carbocycles. The molecule has 0 spiro atoms. The van der Waals surface area contributed by atoms with Crippen LogP contribution in [0.3, 0.4) is 0 Å². The van der Waals surface area contributed by atoms with E-state index < -0.39 is 5.97 Å². The lowest BCUT2D eigenvalue weighted by molar-refractivity contribution is -0.135. The van der Waals surface area contributed by atoms with Crippen LogP contribution in [0.4, 0.5) is 0 Å². The molecule has 1 rings (SSSR count). The molecular formula is C11H11BrO3. The van der Waals surface area contributed by atoms with Crippen molar-refractivity contribution >= 4 is 28.0 Å². The molecule has 0 bridgehead atoms. The number of carboxylic acids is 1. The Balaban J connectivity index is 2.80. The first-order valence-corrected chi connectivity index (χ1v) is 5.14. The van der Waals surface area contributed by atoms with Crippen molar-refractivity contribution in [3.63, 3.8) is 0 Å². The number of ether oxygens (including phenoxy) is 1. The van der Waals surface area contributed by atoms with E-state index >= 15 is 0 Å². The number of halogens is 1. The molecule has 0 aromatic heterocycles. The first-order chi connectivity index (χ1) is 7.11. The zero-order chi connectivity index (χ0) is 11.3. The SMILES string of the molecule is COc1cc(Br)cc(/C=C/CC(=O)O)c1. The van der Waals surface area contributed by atoms with Gasteiger partial charge in [-0.3, -0.25) is 4.79 Å². The Labute approximate surface area is 96.5 Å². The second-order valence-electron chi connectivity index (χ2n) is 2.92. The quantitative estimate of drug-likeness (QED) is 0.915. The molecule has 0 aliphatic carbocycles. The van der Waals surface area contributed by atoms with Crippen LogP contribution < -0.4 is 4.74 Å². The number of rotatable bonds is 4. The van der Waals surface area contributed by atoms with Crippen molar-refractivity contribution in [2.45, 2.75) is 6.42 Å². The highest BCUT2D eigenvalue weighted by atomic mass is 79.9. The van der Waals surface area contributed by atoms with E-state index in [0.717, 1.165) is 15.8 Å². The zero-order valence-corrected chi connectivity index (χ0v) is 9.82. The summed E-state index contributed by atoms with van der Waals surface area (Å²) >= 11 is 3.34. The average Bonchev–Trinajstić information content (AvgIpc) is 2.16. The van der Waals surface area contributed by atoms with Crippen LogP contribution in [0.5, 0.6) is 5.75 Å². The lowest BCUT2D eigenvalue weighted by Gasteiger charge is -2.02. The molecule has 0 radical (unpaired) electrons. The van der Waals surface area contributed by atoms with Gasteiger partial charge in [-0.15, -0.1) is 0 Å². The molecule has 80 valence electrons. The van der Waals surface area contributed by atoms with Gasteiger partial charge in [-0.05, 0) is 23.8 Å². The summed E-state index contributed by atoms with van der Waals surface area (Å²) in [6, 6.07) is 5.57. The van der Waals surface area contributed by atoms with E-state index in [2.05, 4.69) is 15.9 Å². The van der Waals surface area contributed by atoms with Crippen molar-refractivity contribution in [3.05, 3.63) is 34.3 Å². The van der Waals surface area contributed by atoms with Crippen LogP contribution in [0.15, 0.2) is 28.7 Å². The fourth-order valence-electron chi connectivity index (χ4n) is 1.09. The highest BCUT2D eigenvalue weighted by Crippen LogP contribution is 2.22. The largest absolute Gasteiger partial charge is 0.497 e. The molecule has 0 unspecified atom stereocenters. The number of hydrogen-bond acceptors (Lipinski definition) is 2. The minimum atomic E-state index is -0.840. The van der Waals surface area contributed by atoms with E-state index in [4.69, 9.17) is 9.84 Å². The average molecular weight is 271 g/mol. The molecule has 0 atom stereocenters. The fourth-order valence-corrected chi connectivity index (χ4v) is 1.58. The van der Waals surface area contributed by atoms with Gasteiger partial charge < -0.3 is 9.84 Å². The standard InChI is InChI=1S/C11H11BrO3/c1-15-10-6-8(5-9(12)7-10)3-2-4-11(13)14/h2-3,5-7H,4H2,1H3,(H,13,14)/b3-2+. The third kappa shape index (κ3) is 4.16. The van der Waals surface area contributed by atoms with Gasteiger partial charge in [-0.2, -0.15) is 0 Å². The van der Waals surface area contributed by atoms with Crippen molar-refractivity contribution < 1.29 is 14.6 Å². The van der Waals surface area contributed by atoms with E-state index in [1.807, 2.05) is 18.2 Å². The van der Waals surface area contributed by atoms with Crippen molar-refractivity contribution in [1.29, 1.82) is 0 Å². The van der Waals surface area contributed by atoms with Crippen molar-refractivity contribution in [1.82, 2.24) is 0 Å². The van der Waals surface area contributed by atoms with Gasteiger partial charge in [-0.25, -0.2) is 0 Å². The normalized spacial score (nSPS) is 10.5. The Bertz CT molecular complexity index is 385. The van der Waals surface area contributed by atoms with Gasteiger partial charge in [0.2, 0.25) is 0 Å². The molecule has 3 nitrogen and oxygen atoms in total. The van der Waals surface area contributed by atoms with Crippen LogP contribution in [0.1, 0.15) is 12.0 Å². The second kappa shape index (κ2) is 5.56. The number of carboxylic acid groups (broad SMARTS) is 1. The van der Waals surface area contributed by atoms with Crippen LogP contribution in [0.25, 0.3) is 6.08 Å². The third-order valence-corrected chi connectivity index (χ3v) is 2.19. The molecule has 0 heterocycles. The molecule has 1 aromatic carbocycles. The van der Waals surface area contributed by atoms with Crippen LogP contribution in [-0.4, -0.2) is 18.2 Å². The minimum absolute atomic E-state index is 0.0226. The number of benzene rings is 1. The smallest absolute Gasteiger partial charge is 0.307 e. The van der Waals surface area contributed by atoms with Gasteiger partial charge in [0.15, 0.2) is 0 Å². The number of carbonyl (C=O) groups is 1. The van der Waals surface area contributed by atoms with Crippen molar-refractivity contribution in [2.75, 3.05) is 7.11 Å². The topological polar surface area (TPSA) is 46.5 Å². The van der Waals surface area contributed by atoms with Crippen molar-refractivity contribution in [2.24, 2.45) is 0 Å². The van der Waals surface area contributed by atoms with E-state index in [-0.39, 0.29) is 6.42 Å². The summed E-state index contributed by atoms with van der Waals surface area (Å²) in [4.78, 5) is 10.3. The Kier molecular flexibility index (Phi) is 4.37. The van der Waals surface area contributed by atoms with Gasteiger partial charge in [0.1, 0.15) is 5.75 Å². The maximum absolute atomic E-state index is 10.3. The van der Waals surface area contributed by atoms with Crippen LogP contribution in [0.2, 0.25) is 0 Å². The lowest BCUT2D eigenvalue weighted by atomic mass is 10.2. The summed E-state index contributed by atoms with van der Waals surface area (Å²) in [5.74, 6) is -0.104. The summed E-state index contributed by atoms with van der Waals surface area (Å²) in [6.07, 6.45) is 3.37. The van der Waals surface area contributed by atoms with Crippen LogP contribution in [-0.2, 0) is 4.79 Å². The predicted octanol–water partition coefficient (Wildman–Crippen LogP) is 2.95. The van der Waals surface area contributed by atoms with Gasteiger partial charge >= 0.3 is 5.97 Å². The summed E-state index contributed by atoms with van der Waals surface area (Å²) < 4.78 is 5.98. The molecule has 0 aliphatic rings. The van der Waals surface area contributed by atoms with Gasteiger partial charge in [0.25, 0.3) is 0 Å². The summed E-state index contributed by atoms with van der Waals surface area (Å²) in [7, 11) is 1.59. The fraction of sp³-hybridized carbons (Fsp3) is 0.182. The molecule has 0 saturated heterocycles. The molecule has 4 heteroatoms. The number of hydrogen-bond donors (Lipinski definition) is 1. The Morgan fingerprint density at radius 2 is 2.27 bits per heavy atom. The molecular weight excluding hydrogens is 260 g/mol. The molecule has 0 amide bonds. The molecule has 15 heavy (non-hydrogen) atoms. The van der Waals surface area contributed by atoms with E-state index in [9.17, 15) is 4.79 Å². The Morgan fingerprint density at radius 3 is 2.87 bits per heavy atom. The molecule has 0 aliphatic heterocycles. The number of aliphatic carboxylic acids is 1. The number of methoxy groups -OCH3 is 1. The summed E-state index contributed by atoms with van der Waals surface area (Å²) in [6.45, 7) is 0. The maximum Gasteiger partial charge on any atom is 0.307 e. The van der Waals surface area contributed by atoms with Gasteiger partial charge in [-0.1, -0.05) is 28.1 Å². The van der Waals surface area contributed by atoms with E-state index in [0.29, 0.717) is 0 Å². The highest BCUT2D eigenvalue weighted by molar-refractivity contribution is 9.10. The highest BCUT2D eigenvalue weighted by Gasteiger charge is 1.97. The van der Waals surface area contributed by atoms with Crippen LogP contribution in [0, 0.1) is 0 Å². The molecule has 1 N–H and O–H groups in total. The predicted molar refractivity (Wildman–Crippen MR) is 62.0 cm³/mol. The first kappa shape index (κ1) is 11.8. The minimum Gasteiger partial charge on any atom is -0.497 e. The molecule has 1 aromatic rings. The zero-order valence-electron chi connectivity index (χ0n) is 8.24. The Hall–Kier alpha value is -1.29. The van der Waals surface area contributed by atoms with E-state index in [1.54, 1.807) is 19.3 Å². The summed E-state index contributed by atoms with van der Waals surface area (Å²) in [5.41, 5.74) is 0.905. The lowest BCUT2D eigenvalue weighted by Crippen LogP contribution is -1.89. The molecule has 0 fully saturated rings. The second-order valence-corrected chi connectivity index (χ2v) is 3.84. The maximum atomic E-state index is 10.3. The van der Waals surface area contributed by atoms with E-state index in [1.165, 1.54) is 0 Å². The van der Waals surface area contributed by atoms with Crippen molar-refractivity contribution in [3.8, 4) is 5.75 Å². The van der Waals surface area contributed by atoms with Crippen LogP contribution >= 0.6 is 15.9 Å². The first-order valence-electron chi connectivity index (χ1n) is 4.34. The third-order valence-electron chi connectivity index (χ3n) is 1.73. The monoisotopic (exact) mass is 270 g/mol. The Morgan fingerprint density at radius 1 is 1.53 bits per heavy atom. The van der Waals surface area contributed by atoms with Gasteiger partial charge in [0.05, 0.1) is 13.5 Å². The van der Waals surface area contributed by atoms with Gasteiger partial charge in [0, 0.05) is 4.47 Å².